The van der Waals surface area contributed by atoms with Crippen molar-refractivity contribution in [2.75, 3.05) is 18.6 Å². The second-order valence-electron chi connectivity index (χ2n) is 1.93. The maximum atomic E-state index is 10.8. The molecule has 10 heavy (non-hydrogen) atoms. The fourth-order valence-corrected chi connectivity index (χ4v) is 1.67. The summed E-state index contributed by atoms with van der Waals surface area (Å²) in [7, 11) is -1.43. The third-order valence-electron chi connectivity index (χ3n) is 1.01. The Kier molecular flexibility index (Phi) is 7.72. The second-order valence-corrected chi connectivity index (χ2v) is 3.68. The zero-order chi connectivity index (χ0) is 7.82. The summed E-state index contributed by atoms with van der Waals surface area (Å²) < 4.78 is 15.7. The van der Waals surface area contributed by atoms with Gasteiger partial charge in [-0.3, -0.25) is 0 Å². The van der Waals surface area contributed by atoms with Gasteiger partial charge < -0.3 is 0 Å². The van der Waals surface area contributed by atoms with Crippen LogP contribution in [0.25, 0.3) is 0 Å². The molecule has 0 amide bonds. The van der Waals surface area contributed by atoms with Crippen molar-refractivity contribution in [1.82, 2.24) is 0 Å². The molecule has 0 N–H and O–H groups in total. The third-order valence-corrected chi connectivity index (χ3v) is 2.31. The van der Waals surface area contributed by atoms with Crippen molar-refractivity contribution in [3.05, 3.63) is 0 Å². The summed E-state index contributed by atoms with van der Waals surface area (Å²) >= 11 is 5.33. The minimum Gasteiger partial charge on any atom is -0.145 e. The molecule has 60 valence electrons. The van der Waals surface area contributed by atoms with Crippen LogP contribution < -0.4 is 0 Å². The van der Waals surface area contributed by atoms with Crippen LogP contribution in [-0.2, 0) is 9.09 Å². The van der Waals surface area contributed by atoms with Gasteiger partial charge in [-0.15, -0.1) is 16.1 Å². The topological polar surface area (TPSA) is 26.3 Å². The van der Waals surface area contributed by atoms with E-state index >= 15 is 0 Å². The lowest BCUT2D eigenvalue weighted by molar-refractivity contribution is 0.352. The van der Waals surface area contributed by atoms with E-state index in [0.717, 1.165) is 12.8 Å². The molecule has 1 unspecified atom stereocenters. The molecule has 0 aromatic carbocycles. The zero-order valence-corrected chi connectivity index (χ0v) is 7.83. The fraction of sp³-hybridized carbons (Fsp3) is 1.00. The predicted octanol–water partition coefficient (Wildman–Crippen LogP) is 2.78. The average molecular weight is 184 g/mol. The summed E-state index contributed by atoms with van der Waals surface area (Å²) in [6, 6.07) is 0. The van der Waals surface area contributed by atoms with Gasteiger partial charge in [-0.1, -0.05) is 13.3 Å². The van der Waals surface area contributed by atoms with E-state index in [0.29, 0.717) is 18.6 Å². The van der Waals surface area contributed by atoms with Crippen LogP contribution in [0.2, 0.25) is 0 Å². The highest BCUT2D eigenvalue weighted by Crippen LogP contribution is 2.23. The molecule has 0 aliphatic heterocycles. The lowest BCUT2D eigenvalue weighted by Gasteiger charge is -1.85. The van der Waals surface area contributed by atoms with Crippen LogP contribution in [0.5, 0.6) is 0 Å². The molecule has 1 atom stereocenters. The molecule has 2 nitrogen and oxygen atoms in total. The van der Waals surface area contributed by atoms with Crippen molar-refractivity contribution in [2.24, 2.45) is 0 Å². The molecular weight excluding hydrogens is 170 g/mol. The summed E-state index contributed by atoms with van der Waals surface area (Å²) in [4.78, 5) is 0. The van der Waals surface area contributed by atoms with Gasteiger partial charge in [-0.2, -0.15) is 0 Å². The Hall–Kier alpha value is 0.350. The largest absolute Gasteiger partial charge is 0.508 e. The van der Waals surface area contributed by atoms with Gasteiger partial charge in [0, 0.05) is 0 Å². The molecule has 0 aliphatic rings. The monoisotopic (exact) mass is 183 g/mol. The fourth-order valence-electron chi connectivity index (χ4n) is 0.488. The summed E-state index contributed by atoms with van der Waals surface area (Å²) in [5.74, 6) is 0.424. The van der Waals surface area contributed by atoms with Crippen LogP contribution in [0.4, 0.5) is 0 Å². The SMILES string of the molecule is CCCC[P+](=O)OCCCl. The van der Waals surface area contributed by atoms with Crippen LogP contribution in [0.15, 0.2) is 0 Å². The molecule has 4 heteroatoms. The Morgan fingerprint density at radius 3 is 2.80 bits per heavy atom. The van der Waals surface area contributed by atoms with Gasteiger partial charge in [0.05, 0.1) is 5.88 Å². The molecule has 0 rings (SSSR count). The minimum atomic E-state index is -1.43. The molecule has 0 saturated carbocycles. The van der Waals surface area contributed by atoms with Gasteiger partial charge >= 0.3 is 8.03 Å². The first-order valence-electron chi connectivity index (χ1n) is 3.44. The van der Waals surface area contributed by atoms with E-state index in [-0.39, 0.29) is 0 Å². The van der Waals surface area contributed by atoms with Crippen LogP contribution in [0.3, 0.4) is 0 Å². The van der Waals surface area contributed by atoms with Gasteiger partial charge in [0.15, 0.2) is 6.16 Å². The molecule has 0 aliphatic carbocycles. The average Bonchev–Trinajstić information content (AvgIpc) is 1.97. The summed E-state index contributed by atoms with van der Waals surface area (Å²) in [6.45, 7) is 2.46. The molecule has 0 bridgehead atoms. The summed E-state index contributed by atoms with van der Waals surface area (Å²) in [5, 5.41) is 0. The number of unbranched alkanes of at least 4 members (excludes halogenated alkanes) is 1. The highest BCUT2D eigenvalue weighted by atomic mass is 35.5. The van der Waals surface area contributed by atoms with Crippen molar-refractivity contribution >= 4 is 19.6 Å². The van der Waals surface area contributed by atoms with Crippen LogP contribution in [0, 0.1) is 0 Å². The quantitative estimate of drug-likeness (QED) is 0.468. The molecule has 0 radical (unpaired) electrons. The van der Waals surface area contributed by atoms with E-state index in [1.54, 1.807) is 0 Å². The van der Waals surface area contributed by atoms with E-state index in [4.69, 9.17) is 16.1 Å². The Labute approximate surface area is 67.8 Å². The molecular formula is C6H13ClO2P+. The summed E-state index contributed by atoms with van der Waals surface area (Å²) in [5.41, 5.74) is 0. The van der Waals surface area contributed by atoms with E-state index in [9.17, 15) is 4.57 Å². The third kappa shape index (κ3) is 6.47. The first-order valence-corrected chi connectivity index (χ1v) is 5.34. The Bertz CT molecular complexity index is 87.7. The highest BCUT2D eigenvalue weighted by molar-refractivity contribution is 7.39. The van der Waals surface area contributed by atoms with Gasteiger partial charge in [0.2, 0.25) is 0 Å². The highest BCUT2D eigenvalue weighted by Gasteiger charge is 2.14. The molecule has 0 aromatic rings. The van der Waals surface area contributed by atoms with Crippen molar-refractivity contribution < 1.29 is 9.09 Å². The summed E-state index contributed by atoms with van der Waals surface area (Å²) in [6.07, 6.45) is 2.70. The number of alkyl halides is 1. The number of rotatable bonds is 6. The lowest BCUT2D eigenvalue weighted by Crippen LogP contribution is -1.88. The Morgan fingerprint density at radius 1 is 1.60 bits per heavy atom. The van der Waals surface area contributed by atoms with Crippen molar-refractivity contribution in [1.29, 1.82) is 0 Å². The van der Waals surface area contributed by atoms with Gasteiger partial charge in [-0.05, 0) is 11.0 Å². The molecule has 0 saturated heterocycles. The smallest absolute Gasteiger partial charge is 0.145 e. The number of hydrogen-bond donors (Lipinski definition) is 0. The van der Waals surface area contributed by atoms with Crippen molar-refractivity contribution in [3.63, 3.8) is 0 Å². The van der Waals surface area contributed by atoms with E-state index in [1.165, 1.54) is 0 Å². The van der Waals surface area contributed by atoms with Crippen molar-refractivity contribution in [2.45, 2.75) is 19.8 Å². The van der Waals surface area contributed by atoms with Gasteiger partial charge in [0.25, 0.3) is 0 Å². The first-order chi connectivity index (χ1) is 4.81. The standard InChI is InChI=1S/C6H13ClO2P/c1-2-3-6-10(8)9-5-4-7/h2-6H2,1H3/q+1. The van der Waals surface area contributed by atoms with E-state index in [1.807, 2.05) is 0 Å². The molecule has 0 heterocycles. The van der Waals surface area contributed by atoms with Crippen molar-refractivity contribution in [3.8, 4) is 0 Å². The first kappa shape index (κ1) is 10.3. The Morgan fingerprint density at radius 2 is 2.30 bits per heavy atom. The van der Waals surface area contributed by atoms with Crippen LogP contribution in [-0.4, -0.2) is 18.6 Å². The predicted molar refractivity (Wildman–Crippen MR) is 44.1 cm³/mol. The number of halogens is 1. The molecule has 0 fully saturated rings. The number of hydrogen-bond acceptors (Lipinski definition) is 2. The maximum Gasteiger partial charge on any atom is 0.508 e. The Balaban J connectivity index is 3.09. The van der Waals surface area contributed by atoms with Crippen LogP contribution >= 0.6 is 19.6 Å². The van der Waals surface area contributed by atoms with Crippen LogP contribution in [0.1, 0.15) is 19.8 Å². The molecule has 0 aromatic heterocycles. The second kappa shape index (κ2) is 7.46. The zero-order valence-electron chi connectivity index (χ0n) is 6.18. The minimum absolute atomic E-state index is 0.403. The molecule has 0 spiro atoms. The normalized spacial score (nSPS) is 11.6. The lowest BCUT2D eigenvalue weighted by atomic mass is 10.4. The van der Waals surface area contributed by atoms with Gasteiger partial charge in [0.1, 0.15) is 6.61 Å². The van der Waals surface area contributed by atoms with E-state index in [2.05, 4.69) is 6.92 Å². The van der Waals surface area contributed by atoms with E-state index < -0.39 is 8.03 Å². The van der Waals surface area contributed by atoms with Gasteiger partial charge in [-0.25, -0.2) is 0 Å². The maximum absolute atomic E-state index is 10.8.